The van der Waals surface area contributed by atoms with Crippen molar-refractivity contribution in [3.8, 4) is 11.1 Å². The van der Waals surface area contributed by atoms with Gasteiger partial charge >= 0.3 is 12.1 Å². The van der Waals surface area contributed by atoms with Crippen molar-refractivity contribution in [1.82, 2.24) is 14.7 Å². The van der Waals surface area contributed by atoms with Gasteiger partial charge in [0.15, 0.2) is 0 Å². The first-order valence-electron chi connectivity index (χ1n) is 11.1. The molecule has 174 valence electrons. The summed E-state index contributed by atoms with van der Waals surface area (Å²) in [4.78, 5) is 38.6. The fourth-order valence-corrected chi connectivity index (χ4v) is 4.89. The average Bonchev–Trinajstić information content (AvgIpc) is 3.54. The molecule has 2 aliphatic rings. The monoisotopic (exact) mass is 460 g/mol. The van der Waals surface area contributed by atoms with Crippen LogP contribution in [0.25, 0.3) is 11.1 Å². The number of anilines is 1. The van der Waals surface area contributed by atoms with E-state index in [0.717, 1.165) is 22.3 Å². The van der Waals surface area contributed by atoms with Gasteiger partial charge in [0, 0.05) is 19.5 Å². The molecular weight excluding hydrogens is 436 g/mol. The van der Waals surface area contributed by atoms with Crippen LogP contribution in [0.2, 0.25) is 0 Å². The molecule has 2 heterocycles. The second-order valence-electron chi connectivity index (χ2n) is 8.48. The summed E-state index contributed by atoms with van der Waals surface area (Å²) in [5, 5.41) is 16.1. The van der Waals surface area contributed by atoms with Gasteiger partial charge in [-0.05, 0) is 35.1 Å². The zero-order chi connectivity index (χ0) is 23.8. The Balaban J connectivity index is 1.31. The predicted octanol–water partition coefficient (Wildman–Crippen LogP) is 3.47. The first kappa shape index (κ1) is 21.7. The number of carboxylic acids is 1. The molecule has 1 atom stereocenters. The number of hydrogen-bond acceptors (Lipinski definition) is 5. The first-order valence-corrected chi connectivity index (χ1v) is 11.1. The summed E-state index contributed by atoms with van der Waals surface area (Å²) in [7, 11) is 1.59. The van der Waals surface area contributed by atoms with Crippen LogP contribution in [0.5, 0.6) is 0 Å². The highest BCUT2D eigenvalue weighted by atomic mass is 16.5. The fraction of sp³-hybridized carbons (Fsp3) is 0.280. The normalized spacial score (nSPS) is 16.7. The second kappa shape index (κ2) is 8.66. The Morgan fingerprint density at radius 3 is 2.38 bits per heavy atom. The zero-order valence-corrected chi connectivity index (χ0v) is 18.6. The van der Waals surface area contributed by atoms with Gasteiger partial charge in [-0.25, -0.2) is 9.59 Å². The Hall–Kier alpha value is -4.14. The van der Waals surface area contributed by atoms with E-state index in [4.69, 9.17) is 4.74 Å². The summed E-state index contributed by atoms with van der Waals surface area (Å²) in [6.45, 7) is 0.475. The molecule has 1 aromatic heterocycles. The second-order valence-corrected chi connectivity index (χ2v) is 8.48. The summed E-state index contributed by atoms with van der Waals surface area (Å²) in [5.41, 5.74) is 4.59. The third kappa shape index (κ3) is 3.68. The molecule has 2 amide bonds. The third-order valence-corrected chi connectivity index (χ3v) is 6.53. The molecule has 1 aliphatic heterocycles. The molecule has 0 spiro atoms. The van der Waals surface area contributed by atoms with Crippen molar-refractivity contribution in [2.24, 2.45) is 7.05 Å². The van der Waals surface area contributed by atoms with Crippen LogP contribution in [0.4, 0.5) is 10.6 Å². The molecule has 0 radical (unpaired) electrons. The van der Waals surface area contributed by atoms with Crippen LogP contribution in [0.15, 0.2) is 54.7 Å². The maximum atomic E-state index is 13.0. The van der Waals surface area contributed by atoms with Crippen LogP contribution >= 0.6 is 0 Å². The van der Waals surface area contributed by atoms with Crippen molar-refractivity contribution in [3.63, 3.8) is 0 Å². The van der Waals surface area contributed by atoms with E-state index in [9.17, 15) is 19.5 Å². The highest BCUT2D eigenvalue weighted by molar-refractivity contribution is 6.03. The van der Waals surface area contributed by atoms with Crippen molar-refractivity contribution in [2.75, 3.05) is 18.5 Å². The van der Waals surface area contributed by atoms with Gasteiger partial charge in [-0.3, -0.25) is 14.8 Å². The third-order valence-electron chi connectivity index (χ3n) is 6.53. The lowest BCUT2D eigenvalue weighted by atomic mass is 9.98. The van der Waals surface area contributed by atoms with Crippen molar-refractivity contribution in [3.05, 3.63) is 71.4 Å². The number of nitrogens with zero attached hydrogens (tertiary/aromatic N) is 3. The van der Waals surface area contributed by atoms with Gasteiger partial charge in [-0.1, -0.05) is 48.5 Å². The summed E-state index contributed by atoms with van der Waals surface area (Å²) in [5.74, 6) is -1.45. The summed E-state index contributed by atoms with van der Waals surface area (Å²) < 4.78 is 6.94. The van der Waals surface area contributed by atoms with E-state index < -0.39 is 24.0 Å². The Labute approximate surface area is 195 Å². The first-order chi connectivity index (χ1) is 16.5. The van der Waals surface area contributed by atoms with Crippen molar-refractivity contribution in [2.45, 2.75) is 24.8 Å². The van der Waals surface area contributed by atoms with Gasteiger partial charge in [0.25, 0.3) is 5.91 Å². The highest BCUT2D eigenvalue weighted by Crippen LogP contribution is 2.44. The molecule has 3 aromatic rings. The van der Waals surface area contributed by atoms with E-state index in [-0.39, 0.29) is 23.9 Å². The number of ether oxygens (including phenoxy) is 1. The lowest BCUT2D eigenvalue weighted by Crippen LogP contribution is -2.40. The van der Waals surface area contributed by atoms with E-state index in [2.05, 4.69) is 22.5 Å². The number of aromatic nitrogens is 2. The van der Waals surface area contributed by atoms with E-state index in [0.29, 0.717) is 19.4 Å². The molecule has 9 heteroatoms. The fourth-order valence-electron chi connectivity index (χ4n) is 4.89. The summed E-state index contributed by atoms with van der Waals surface area (Å²) in [6.07, 6.45) is 1.63. The smallest absolute Gasteiger partial charge is 0.412 e. The van der Waals surface area contributed by atoms with E-state index in [1.165, 1.54) is 15.8 Å². The Morgan fingerprint density at radius 1 is 1.09 bits per heavy atom. The van der Waals surface area contributed by atoms with Crippen LogP contribution in [0, 0.1) is 0 Å². The molecule has 0 unspecified atom stereocenters. The van der Waals surface area contributed by atoms with E-state index in [1.807, 2.05) is 36.4 Å². The molecular formula is C25H24N4O5. The molecule has 0 bridgehead atoms. The van der Waals surface area contributed by atoms with Crippen LogP contribution in [0.1, 0.15) is 40.2 Å². The van der Waals surface area contributed by atoms with Gasteiger partial charge in [0.1, 0.15) is 24.0 Å². The van der Waals surface area contributed by atoms with Gasteiger partial charge in [0.05, 0.1) is 6.20 Å². The maximum absolute atomic E-state index is 13.0. The number of amides is 2. The number of nitrogens with one attached hydrogen (secondary N) is 1. The SMILES string of the molecule is Cn1ncc(C(=O)N2CCC[C@H]2C(=O)O)c1NC(=O)OCC1c2ccccc2-c2ccccc21. The van der Waals surface area contributed by atoms with Gasteiger partial charge in [0.2, 0.25) is 0 Å². The zero-order valence-electron chi connectivity index (χ0n) is 18.6. The number of hydrogen-bond donors (Lipinski definition) is 2. The molecule has 1 fully saturated rings. The summed E-state index contributed by atoms with van der Waals surface area (Å²) >= 11 is 0. The van der Waals surface area contributed by atoms with Crippen molar-refractivity contribution >= 4 is 23.8 Å². The topological polar surface area (TPSA) is 114 Å². The molecule has 1 aliphatic carbocycles. The number of carboxylic acid groups (broad SMARTS) is 1. The number of benzene rings is 2. The molecule has 1 saturated heterocycles. The number of fused-ring (bicyclic) bond motifs is 3. The maximum Gasteiger partial charge on any atom is 0.412 e. The van der Waals surface area contributed by atoms with Gasteiger partial charge in [-0.2, -0.15) is 5.10 Å². The quantitative estimate of drug-likeness (QED) is 0.603. The van der Waals surface area contributed by atoms with Crippen LogP contribution in [-0.2, 0) is 16.6 Å². The lowest BCUT2D eigenvalue weighted by Gasteiger charge is -2.21. The minimum Gasteiger partial charge on any atom is -0.480 e. The van der Waals surface area contributed by atoms with Gasteiger partial charge in [-0.15, -0.1) is 0 Å². The van der Waals surface area contributed by atoms with Crippen LogP contribution in [0.3, 0.4) is 0 Å². The largest absolute Gasteiger partial charge is 0.480 e. The number of likely N-dealkylation sites (tertiary alicyclic amines) is 1. The summed E-state index contributed by atoms with van der Waals surface area (Å²) in [6, 6.07) is 15.2. The Bertz CT molecular complexity index is 1240. The standard InChI is InChI=1S/C25H24N4O5/c1-28-22(19(13-26-28)23(30)29-12-6-11-21(29)24(31)32)27-25(33)34-14-20-17-9-4-2-7-15(17)16-8-3-5-10-18(16)20/h2-5,7-10,13,20-21H,6,11-12,14H2,1H3,(H,27,33)(H,31,32)/t21-/m0/s1. The number of rotatable bonds is 5. The molecule has 2 aromatic carbocycles. The predicted molar refractivity (Wildman–Crippen MR) is 124 cm³/mol. The number of carbonyl (C=O) groups is 3. The minimum atomic E-state index is -1.04. The molecule has 34 heavy (non-hydrogen) atoms. The average molecular weight is 460 g/mol. The van der Waals surface area contributed by atoms with Crippen LogP contribution < -0.4 is 5.32 Å². The van der Waals surface area contributed by atoms with Gasteiger partial charge < -0.3 is 14.7 Å². The molecule has 5 rings (SSSR count). The van der Waals surface area contributed by atoms with Crippen molar-refractivity contribution in [1.29, 1.82) is 0 Å². The van der Waals surface area contributed by atoms with E-state index in [1.54, 1.807) is 7.05 Å². The number of carbonyl (C=O) groups excluding carboxylic acids is 2. The Morgan fingerprint density at radius 2 is 1.74 bits per heavy atom. The van der Waals surface area contributed by atoms with Crippen LogP contribution in [-0.4, -0.2) is 57.0 Å². The number of aliphatic carboxylic acids is 1. The molecule has 9 nitrogen and oxygen atoms in total. The molecule has 2 N–H and O–H groups in total. The Kier molecular flexibility index (Phi) is 5.53. The highest BCUT2D eigenvalue weighted by Gasteiger charge is 2.36. The minimum absolute atomic E-state index is 0.0910. The molecule has 0 saturated carbocycles. The number of aryl methyl sites for hydroxylation is 1. The van der Waals surface area contributed by atoms with Crippen molar-refractivity contribution < 1.29 is 24.2 Å². The van der Waals surface area contributed by atoms with E-state index >= 15 is 0 Å². The lowest BCUT2D eigenvalue weighted by molar-refractivity contribution is -0.141.